The van der Waals surface area contributed by atoms with Gasteiger partial charge < -0.3 is 10.1 Å². The van der Waals surface area contributed by atoms with E-state index in [1.807, 2.05) is 32.3 Å². The van der Waals surface area contributed by atoms with Gasteiger partial charge in [-0.2, -0.15) is 0 Å². The second-order valence-corrected chi connectivity index (χ2v) is 6.89. The first-order chi connectivity index (χ1) is 12.0. The van der Waals surface area contributed by atoms with E-state index < -0.39 is 0 Å². The molecule has 1 aromatic heterocycles. The Balaban J connectivity index is 1.55. The fourth-order valence-electron chi connectivity index (χ4n) is 3.54. The number of imidazole rings is 1. The molecular formula is C20H23N3O2. The molecular weight excluding hydrogens is 314 g/mol. The normalized spacial score (nSPS) is 15.5. The van der Waals surface area contributed by atoms with E-state index >= 15 is 0 Å². The monoisotopic (exact) mass is 337 g/mol. The zero-order valence-electron chi connectivity index (χ0n) is 14.9. The van der Waals surface area contributed by atoms with Crippen LogP contribution < -0.4 is 15.7 Å². The highest BCUT2D eigenvalue weighted by Crippen LogP contribution is 2.46. The number of methoxy groups -OCH3 is 1. The molecule has 0 bridgehead atoms. The summed E-state index contributed by atoms with van der Waals surface area (Å²) in [5.41, 5.74) is 4.52. The lowest BCUT2D eigenvalue weighted by Crippen LogP contribution is -2.28. The third-order valence-corrected chi connectivity index (χ3v) is 5.36. The highest BCUT2D eigenvalue weighted by atomic mass is 16.5. The van der Waals surface area contributed by atoms with Crippen molar-refractivity contribution >= 4 is 11.0 Å². The quantitative estimate of drug-likeness (QED) is 0.779. The lowest BCUT2D eigenvalue weighted by Gasteiger charge is -2.18. The van der Waals surface area contributed by atoms with Crippen molar-refractivity contribution in [2.24, 2.45) is 14.1 Å². The van der Waals surface area contributed by atoms with E-state index in [9.17, 15) is 4.79 Å². The second-order valence-electron chi connectivity index (χ2n) is 6.89. The molecule has 0 saturated heterocycles. The van der Waals surface area contributed by atoms with Crippen LogP contribution in [-0.4, -0.2) is 16.2 Å². The fourth-order valence-corrected chi connectivity index (χ4v) is 3.54. The predicted molar refractivity (Wildman–Crippen MR) is 98.9 cm³/mol. The van der Waals surface area contributed by atoms with Crippen LogP contribution in [0, 0.1) is 0 Å². The molecule has 0 unspecified atom stereocenters. The molecule has 2 aromatic carbocycles. The highest BCUT2D eigenvalue weighted by Gasteiger charge is 2.43. The average Bonchev–Trinajstić information content (AvgIpc) is 3.42. The van der Waals surface area contributed by atoms with E-state index in [1.54, 1.807) is 16.2 Å². The number of benzene rings is 2. The van der Waals surface area contributed by atoms with Crippen molar-refractivity contribution in [3.63, 3.8) is 0 Å². The van der Waals surface area contributed by atoms with Gasteiger partial charge >= 0.3 is 5.69 Å². The van der Waals surface area contributed by atoms with Crippen LogP contribution in [0.25, 0.3) is 11.0 Å². The molecule has 3 aromatic rings. The zero-order chi connectivity index (χ0) is 17.6. The van der Waals surface area contributed by atoms with Gasteiger partial charge in [0.25, 0.3) is 0 Å². The van der Waals surface area contributed by atoms with Crippen LogP contribution in [0.4, 0.5) is 0 Å². The topological polar surface area (TPSA) is 48.2 Å². The third kappa shape index (κ3) is 2.65. The summed E-state index contributed by atoms with van der Waals surface area (Å²) in [6.45, 7) is 0.783. The van der Waals surface area contributed by atoms with Crippen LogP contribution in [0.2, 0.25) is 0 Å². The largest absolute Gasteiger partial charge is 0.497 e. The molecule has 25 heavy (non-hydrogen) atoms. The van der Waals surface area contributed by atoms with Gasteiger partial charge in [0, 0.05) is 26.2 Å². The number of ether oxygens (including phenoxy) is 1. The Kier molecular flexibility index (Phi) is 3.69. The van der Waals surface area contributed by atoms with Gasteiger partial charge in [-0.25, -0.2) is 4.79 Å². The van der Waals surface area contributed by atoms with Gasteiger partial charge in [-0.3, -0.25) is 9.13 Å². The zero-order valence-corrected chi connectivity index (χ0v) is 14.9. The summed E-state index contributed by atoms with van der Waals surface area (Å²) in [5.74, 6) is 0.884. The molecule has 0 radical (unpaired) electrons. The maximum Gasteiger partial charge on any atom is 0.328 e. The summed E-state index contributed by atoms with van der Waals surface area (Å²) in [4.78, 5) is 12.1. The lowest BCUT2D eigenvalue weighted by molar-refractivity contribution is 0.414. The number of nitrogens with one attached hydrogen (secondary N) is 1. The Labute approximate surface area is 146 Å². The molecule has 1 N–H and O–H groups in total. The van der Waals surface area contributed by atoms with E-state index in [-0.39, 0.29) is 11.2 Å². The van der Waals surface area contributed by atoms with Crippen LogP contribution in [0.1, 0.15) is 24.0 Å². The Bertz CT molecular complexity index is 979. The van der Waals surface area contributed by atoms with E-state index in [0.717, 1.165) is 36.2 Å². The summed E-state index contributed by atoms with van der Waals surface area (Å²) in [6, 6.07) is 14.5. The third-order valence-electron chi connectivity index (χ3n) is 5.36. The molecule has 5 nitrogen and oxygen atoms in total. The van der Waals surface area contributed by atoms with Crippen molar-refractivity contribution in [3.8, 4) is 5.75 Å². The van der Waals surface area contributed by atoms with Crippen molar-refractivity contribution < 1.29 is 4.74 Å². The molecule has 1 aliphatic carbocycles. The smallest absolute Gasteiger partial charge is 0.328 e. The van der Waals surface area contributed by atoms with Crippen molar-refractivity contribution in [3.05, 3.63) is 64.1 Å². The van der Waals surface area contributed by atoms with Crippen LogP contribution in [-0.2, 0) is 26.2 Å². The first-order valence-corrected chi connectivity index (χ1v) is 8.58. The van der Waals surface area contributed by atoms with Gasteiger partial charge in [0.2, 0.25) is 0 Å². The van der Waals surface area contributed by atoms with Crippen LogP contribution in [0.15, 0.2) is 47.3 Å². The number of hydrogen-bond acceptors (Lipinski definition) is 3. The summed E-state index contributed by atoms with van der Waals surface area (Å²) < 4.78 is 8.64. The highest BCUT2D eigenvalue weighted by molar-refractivity contribution is 5.76. The van der Waals surface area contributed by atoms with Crippen molar-refractivity contribution in [1.82, 2.24) is 14.5 Å². The molecule has 1 saturated carbocycles. The Morgan fingerprint density at radius 3 is 2.36 bits per heavy atom. The van der Waals surface area contributed by atoms with Crippen LogP contribution in [0.3, 0.4) is 0 Å². The van der Waals surface area contributed by atoms with E-state index in [2.05, 4.69) is 29.6 Å². The predicted octanol–water partition coefficient (Wildman–Crippen LogP) is 2.66. The van der Waals surface area contributed by atoms with E-state index in [4.69, 9.17) is 4.74 Å². The summed E-state index contributed by atoms with van der Waals surface area (Å²) in [5, 5.41) is 3.71. The SMILES string of the molecule is COc1ccc(C2(NCc3ccc4c(c3)n(C)c(=O)n4C)CC2)cc1. The number of nitrogens with zero attached hydrogens (tertiary/aromatic N) is 2. The molecule has 1 fully saturated rings. The van der Waals surface area contributed by atoms with Crippen molar-refractivity contribution in [1.29, 1.82) is 0 Å². The minimum Gasteiger partial charge on any atom is -0.497 e. The van der Waals surface area contributed by atoms with Gasteiger partial charge in [0.1, 0.15) is 5.75 Å². The van der Waals surface area contributed by atoms with Gasteiger partial charge in [0.15, 0.2) is 0 Å². The molecule has 0 atom stereocenters. The Hall–Kier alpha value is -2.53. The number of fused-ring (bicyclic) bond motifs is 1. The maximum absolute atomic E-state index is 12.1. The molecule has 0 amide bonds. The van der Waals surface area contributed by atoms with Gasteiger partial charge in [-0.1, -0.05) is 18.2 Å². The van der Waals surface area contributed by atoms with Gasteiger partial charge in [-0.05, 0) is 48.2 Å². The number of rotatable bonds is 5. The van der Waals surface area contributed by atoms with E-state index in [1.165, 1.54) is 11.1 Å². The van der Waals surface area contributed by atoms with E-state index in [0.29, 0.717) is 0 Å². The van der Waals surface area contributed by atoms with Crippen molar-refractivity contribution in [2.75, 3.05) is 7.11 Å². The van der Waals surface area contributed by atoms with Gasteiger partial charge in [-0.15, -0.1) is 0 Å². The molecule has 0 aliphatic heterocycles. The standard InChI is InChI=1S/C20H23N3O2/c1-22-17-9-4-14(12-18(17)23(2)19(22)24)13-21-20(10-11-20)15-5-7-16(25-3)8-6-15/h4-9,12,21H,10-11,13H2,1-3H3. The molecule has 4 rings (SSSR count). The number of aromatic nitrogens is 2. The first-order valence-electron chi connectivity index (χ1n) is 8.58. The number of hydrogen-bond donors (Lipinski definition) is 1. The fraction of sp³-hybridized carbons (Fsp3) is 0.350. The molecule has 5 heteroatoms. The molecule has 1 aliphatic rings. The summed E-state index contributed by atoms with van der Waals surface area (Å²) >= 11 is 0. The summed E-state index contributed by atoms with van der Waals surface area (Å²) in [7, 11) is 5.32. The van der Waals surface area contributed by atoms with Gasteiger partial charge in [0.05, 0.1) is 18.1 Å². The molecule has 130 valence electrons. The molecule has 0 spiro atoms. The Morgan fingerprint density at radius 2 is 1.72 bits per heavy atom. The maximum atomic E-state index is 12.1. The minimum atomic E-state index is 0.0111. The molecule has 1 heterocycles. The number of aryl methyl sites for hydroxylation is 2. The first kappa shape index (κ1) is 16.0. The Morgan fingerprint density at radius 1 is 1.04 bits per heavy atom. The minimum absolute atomic E-state index is 0.0111. The lowest BCUT2D eigenvalue weighted by atomic mass is 10.0. The summed E-state index contributed by atoms with van der Waals surface area (Å²) in [6.07, 6.45) is 2.29. The van der Waals surface area contributed by atoms with Crippen molar-refractivity contribution in [2.45, 2.75) is 24.9 Å². The average molecular weight is 337 g/mol. The van der Waals surface area contributed by atoms with Crippen LogP contribution >= 0.6 is 0 Å². The van der Waals surface area contributed by atoms with Crippen LogP contribution in [0.5, 0.6) is 5.75 Å². The second kappa shape index (κ2) is 5.77.